The number of hydrazone groups is 1. The Labute approximate surface area is 171 Å². The minimum absolute atomic E-state index is 0.286. The SMILES string of the molecule is CCOc1cccc2ccc(C=NNc3nc4c(c(=O)n(C)c(=O)n4C)n3C)nc12. The molecule has 4 rings (SSSR count). The van der Waals surface area contributed by atoms with Crippen molar-refractivity contribution in [2.24, 2.45) is 26.2 Å². The molecular formula is C20H21N7O3. The van der Waals surface area contributed by atoms with Crippen molar-refractivity contribution >= 4 is 34.2 Å². The first-order valence-electron chi connectivity index (χ1n) is 9.36. The topological polar surface area (TPSA) is 108 Å². The summed E-state index contributed by atoms with van der Waals surface area (Å²) in [7, 11) is 4.69. The third-order valence-corrected chi connectivity index (χ3v) is 4.84. The lowest BCUT2D eigenvalue weighted by Gasteiger charge is -2.07. The fourth-order valence-corrected chi connectivity index (χ4v) is 3.25. The molecule has 154 valence electrons. The van der Waals surface area contributed by atoms with Gasteiger partial charge in [-0.25, -0.2) is 15.2 Å². The first kappa shape index (κ1) is 19.4. The summed E-state index contributed by atoms with van der Waals surface area (Å²) in [6.07, 6.45) is 1.55. The maximum absolute atomic E-state index is 12.4. The van der Waals surface area contributed by atoms with E-state index in [9.17, 15) is 9.59 Å². The van der Waals surface area contributed by atoms with Gasteiger partial charge in [0.15, 0.2) is 11.2 Å². The molecule has 0 aliphatic heterocycles. The Bertz CT molecular complexity index is 1410. The summed E-state index contributed by atoms with van der Waals surface area (Å²) in [5, 5.41) is 5.17. The Morgan fingerprint density at radius 3 is 2.63 bits per heavy atom. The molecule has 1 aromatic carbocycles. The van der Waals surface area contributed by atoms with Gasteiger partial charge in [-0.2, -0.15) is 10.1 Å². The zero-order valence-corrected chi connectivity index (χ0v) is 17.1. The van der Waals surface area contributed by atoms with E-state index in [1.807, 2.05) is 37.3 Å². The Morgan fingerprint density at radius 1 is 1.07 bits per heavy atom. The smallest absolute Gasteiger partial charge is 0.332 e. The summed E-state index contributed by atoms with van der Waals surface area (Å²) in [4.78, 5) is 33.5. The average Bonchev–Trinajstić information content (AvgIpc) is 3.08. The number of pyridine rings is 1. The van der Waals surface area contributed by atoms with Crippen LogP contribution in [0, 0.1) is 0 Å². The predicted octanol–water partition coefficient (Wildman–Crippen LogP) is 1.36. The molecule has 0 amide bonds. The van der Waals surface area contributed by atoms with Gasteiger partial charge in [0.25, 0.3) is 5.56 Å². The van der Waals surface area contributed by atoms with Crippen LogP contribution in [0.2, 0.25) is 0 Å². The van der Waals surface area contributed by atoms with Crippen LogP contribution in [-0.4, -0.2) is 36.5 Å². The van der Waals surface area contributed by atoms with Crippen molar-refractivity contribution in [1.29, 1.82) is 0 Å². The minimum Gasteiger partial charge on any atom is -0.492 e. The number of fused-ring (bicyclic) bond motifs is 2. The van der Waals surface area contributed by atoms with Crippen LogP contribution in [0.25, 0.3) is 22.1 Å². The van der Waals surface area contributed by atoms with Gasteiger partial charge in [-0.1, -0.05) is 18.2 Å². The van der Waals surface area contributed by atoms with Gasteiger partial charge >= 0.3 is 5.69 Å². The van der Waals surface area contributed by atoms with E-state index in [-0.39, 0.29) is 5.65 Å². The second-order valence-electron chi connectivity index (χ2n) is 6.74. The van der Waals surface area contributed by atoms with Crippen molar-refractivity contribution in [1.82, 2.24) is 23.7 Å². The molecule has 1 N–H and O–H groups in total. The molecule has 0 bridgehead atoms. The van der Waals surface area contributed by atoms with Crippen LogP contribution >= 0.6 is 0 Å². The number of anilines is 1. The highest BCUT2D eigenvalue weighted by Crippen LogP contribution is 2.23. The van der Waals surface area contributed by atoms with E-state index in [1.165, 1.54) is 11.6 Å². The van der Waals surface area contributed by atoms with E-state index in [2.05, 4.69) is 20.5 Å². The largest absolute Gasteiger partial charge is 0.492 e. The van der Waals surface area contributed by atoms with Crippen molar-refractivity contribution < 1.29 is 4.74 Å². The van der Waals surface area contributed by atoms with Gasteiger partial charge in [0.2, 0.25) is 5.95 Å². The van der Waals surface area contributed by atoms with Crippen LogP contribution in [0.15, 0.2) is 45.0 Å². The molecule has 0 aliphatic rings. The summed E-state index contributed by atoms with van der Waals surface area (Å²) in [6.45, 7) is 2.48. The van der Waals surface area contributed by atoms with Gasteiger partial charge in [0.1, 0.15) is 11.3 Å². The third-order valence-electron chi connectivity index (χ3n) is 4.84. The van der Waals surface area contributed by atoms with Crippen molar-refractivity contribution in [3.63, 3.8) is 0 Å². The molecule has 10 nitrogen and oxygen atoms in total. The van der Waals surface area contributed by atoms with Gasteiger partial charge < -0.3 is 9.30 Å². The number of para-hydroxylation sites is 1. The number of imidazole rings is 1. The summed E-state index contributed by atoms with van der Waals surface area (Å²) < 4.78 is 9.58. The Morgan fingerprint density at radius 2 is 1.87 bits per heavy atom. The minimum atomic E-state index is -0.439. The summed E-state index contributed by atoms with van der Waals surface area (Å²) in [5.74, 6) is 1.04. The Hall–Kier alpha value is -3.95. The van der Waals surface area contributed by atoms with Gasteiger partial charge in [0, 0.05) is 26.5 Å². The van der Waals surface area contributed by atoms with Crippen LogP contribution in [0.3, 0.4) is 0 Å². The fourth-order valence-electron chi connectivity index (χ4n) is 3.25. The van der Waals surface area contributed by atoms with Crippen LogP contribution in [0.1, 0.15) is 12.6 Å². The van der Waals surface area contributed by atoms with E-state index < -0.39 is 11.2 Å². The number of hydrogen-bond donors (Lipinski definition) is 1. The average molecular weight is 407 g/mol. The number of nitrogens with one attached hydrogen (secondary N) is 1. The molecule has 10 heteroatoms. The van der Waals surface area contributed by atoms with Crippen LogP contribution in [-0.2, 0) is 21.1 Å². The zero-order valence-electron chi connectivity index (χ0n) is 17.1. The lowest BCUT2D eigenvalue weighted by molar-refractivity contribution is 0.343. The van der Waals surface area contributed by atoms with Crippen LogP contribution in [0.4, 0.5) is 5.95 Å². The number of ether oxygens (including phenoxy) is 1. The van der Waals surface area contributed by atoms with E-state index in [0.29, 0.717) is 29.5 Å². The van der Waals surface area contributed by atoms with E-state index in [4.69, 9.17) is 4.74 Å². The second kappa shape index (κ2) is 7.47. The quantitative estimate of drug-likeness (QED) is 0.395. The number of aryl methyl sites for hydroxylation is 2. The van der Waals surface area contributed by atoms with Gasteiger partial charge in [-0.15, -0.1) is 0 Å². The first-order valence-corrected chi connectivity index (χ1v) is 9.36. The summed E-state index contributed by atoms with van der Waals surface area (Å²) >= 11 is 0. The number of benzene rings is 1. The van der Waals surface area contributed by atoms with E-state index >= 15 is 0 Å². The third kappa shape index (κ3) is 3.11. The highest BCUT2D eigenvalue weighted by molar-refractivity contribution is 5.88. The second-order valence-corrected chi connectivity index (χ2v) is 6.74. The summed E-state index contributed by atoms with van der Waals surface area (Å²) in [6, 6.07) is 9.56. The predicted molar refractivity (Wildman–Crippen MR) is 115 cm³/mol. The lowest BCUT2D eigenvalue weighted by atomic mass is 10.2. The molecule has 0 saturated heterocycles. The number of nitrogens with zero attached hydrogens (tertiary/aromatic N) is 6. The number of hydrogen-bond acceptors (Lipinski definition) is 7. The Balaban J connectivity index is 1.67. The highest BCUT2D eigenvalue weighted by Gasteiger charge is 2.16. The standard InChI is InChI=1S/C20H21N7O3/c1-5-30-14-8-6-7-12-9-10-13(22-15(12)14)11-21-24-19-23-17-16(25(19)2)18(28)27(4)20(29)26(17)3/h6-11H,5H2,1-4H3,(H,23,24). The van der Waals surface area contributed by atoms with E-state index in [1.54, 1.807) is 24.9 Å². The molecule has 0 atom stereocenters. The molecule has 0 aliphatic carbocycles. The normalized spacial score (nSPS) is 11.6. The van der Waals surface area contributed by atoms with Gasteiger partial charge in [0.05, 0.1) is 18.5 Å². The monoisotopic (exact) mass is 407 g/mol. The lowest BCUT2D eigenvalue weighted by Crippen LogP contribution is -2.37. The van der Waals surface area contributed by atoms with Crippen molar-refractivity contribution in [2.75, 3.05) is 12.0 Å². The molecule has 3 heterocycles. The Kier molecular flexibility index (Phi) is 4.82. The highest BCUT2D eigenvalue weighted by atomic mass is 16.5. The zero-order chi connectivity index (χ0) is 21.4. The van der Waals surface area contributed by atoms with Gasteiger partial charge in [-0.05, 0) is 19.1 Å². The molecule has 30 heavy (non-hydrogen) atoms. The van der Waals surface area contributed by atoms with E-state index in [0.717, 1.165) is 15.5 Å². The number of aromatic nitrogens is 5. The maximum atomic E-state index is 12.4. The van der Waals surface area contributed by atoms with Crippen molar-refractivity contribution in [3.8, 4) is 5.75 Å². The maximum Gasteiger partial charge on any atom is 0.332 e. The molecule has 0 saturated carbocycles. The molecule has 3 aromatic heterocycles. The molecule has 4 aromatic rings. The summed E-state index contributed by atoms with van der Waals surface area (Å²) in [5.41, 5.74) is 3.94. The molecule has 0 unspecified atom stereocenters. The van der Waals surface area contributed by atoms with Crippen LogP contribution in [0.5, 0.6) is 5.75 Å². The first-order chi connectivity index (χ1) is 14.4. The fraction of sp³-hybridized carbons (Fsp3) is 0.250. The molecular weight excluding hydrogens is 386 g/mol. The molecule has 0 spiro atoms. The molecule has 0 radical (unpaired) electrons. The van der Waals surface area contributed by atoms with Gasteiger partial charge in [-0.3, -0.25) is 13.9 Å². The number of rotatable bonds is 5. The van der Waals surface area contributed by atoms with Crippen LogP contribution < -0.4 is 21.4 Å². The molecule has 0 fully saturated rings. The van der Waals surface area contributed by atoms with Crippen molar-refractivity contribution in [3.05, 3.63) is 56.9 Å². The van der Waals surface area contributed by atoms with Crippen molar-refractivity contribution in [2.45, 2.75) is 6.92 Å².